The van der Waals surface area contributed by atoms with E-state index in [2.05, 4.69) is 18.3 Å². The fourth-order valence-electron chi connectivity index (χ4n) is 4.11. The minimum Gasteiger partial charge on any atom is -0.491 e. The zero-order valence-corrected chi connectivity index (χ0v) is 21.4. The number of unbranched alkanes of at least 4 members (excludes halogenated alkanes) is 3. The summed E-state index contributed by atoms with van der Waals surface area (Å²) >= 11 is 0. The average Bonchev–Trinajstić information content (AvgIpc) is 2.84. The molecule has 0 amide bonds. The number of aliphatic hydroxyl groups is 1. The lowest BCUT2D eigenvalue weighted by Gasteiger charge is -2.26. The topological polar surface area (TPSA) is 86.3 Å². The molecule has 2 N–H and O–H groups in total. The lowest BCUT2D eigenvalue weighted by atomic mass is 10.1. The predicted octanol–water partition coefficient (Wildman–Crippen LogP) is 4.45. The summed E-state index contributed by atoms with van der Waals surface area (Å²) < 4.78 is 22.2. The second-order valence-corrected chi connectivity index (χ2v) is 9.33. The van der Waals surface area contributed by atoms with E-state index in [4.69, 9.17) is 18.9 Å². The van der Waals surface area contributed by atoms with Crippen LogP contribution in [-0.4, -0.2) is 63.0 Å². The highest BCUT2D eigenvalue weighted by Gasteiger charge is 2.17. The summed E-state index contributed by atoms with van der Waals surface area (Å²) in [5.41, 5.74) is 2.28. The Morgan fingerprint density at radius 3 is 2.71 bits per heavy atom. The first kappa shape index (κ1) is 28.6. The third kappa shape index (κ3) is 12.2. The van der Waals surface area contributed by atoms with Gasteiger partial charge in [-0.05, 0) is 70.5 Å². The van der Waals surface area contributed by atoms with E-state index in [9.17, 15) is 9.90 Å². The standard InChI is InChI=1S/C27H45NO6/c1-21-13-14-25(22(2)18-21)33-20-24(29)15-16-28-23(19-34-27-12-8-9-17-32-27)10-6-4-5-7-11-26(30)31-3/h13-14,18,23-24,27-29H,4-12,15-17,19-20H2,1-3H3. The first-order valence-corrected chi connectivity index (χ1v) is 12.9. The van der Waals surface area contributed by atoms with Gasteiger partial charge in [-0.2, -0.15) is 0 Å². The van der Waals surface area contributed by atoms with Crippen molar-refractivity contribution in [3.63, 3.8) is 0 Å². The van der Waals surface area contributed by atoms with Crippen molar-refractivity contribution < 1.29 is 28.8 Å². The Bertz CT molecular complexity index is 692. The summed E-state index contributed by atoms with van der Waals surface area (Å²) in [6, 6.07) is 6.27. The molecule has 34 heavy (non-hydrogen) atoms. The van der Waals surface area contributed by atoms with E-state index in [0.717, 1.165) is 69.3 Å². The van der Waals surface area contributed by atoms with Gasteiger partial charge in [0.05, 0.1) is 19.8 Å². The van der Waals surface area contributed by atoms with E-state index in [0.29, 0.717) is 26.0 Å². The van der Waals surface area contributed by atoms with E-state index in [1.165, 1.54) is 12.7 Å². The number of nitrogens with one attached hydrogen (secondary N) is 1. The van der Waals surface area contributed by atoms with E-state index in [1.54, 1.807) is 0 Å². The summed E-state index contributed by atoms with van der Waals surface area (Å²) in [5.74, 6) is 0.684. The minimum absolute atomic E-state index is 0.102. The van der Waals surface area contributed by atoms with Crippen LogP contribution in [0, 0.1) is 13.8 Å². The van der Waals surface area contributed by atoms with Crippen LogP contribution in [0.2, 0.25) is 0 Å². The quantitative estimate of drug-likeness (QED) is 0.252. The number of esters is 1. The molecule has 0 bridgehead atoms. The van der Waals surface area contributed by atoms with Gasteiger partial charge in [-0.3, -0.25) is 4.79 Å². The van der Waals surface area contributed by atoms with Gasteiger partial charge in [0.2, 0.25) is 0 Å². The van der Waals surface area contributed by atoms with Gasteiger partial charge in [0.25, 0.3) is 0 Å². The highest BCUT2D eigenvalue weighted by atomic mass is 16.7. The second kappa shape index (κ2) is 16.9. The number of carbonyl (C=O) groups excluding carboxylic acids is 1. The van der Waals surface area contributed by atoms with Crippen molar-refractivity contribution in [1.82, 2.24) is 5.32 Å². The number of aliphatic hydroxyl groups excluding tert-OH is 1. The Morgan fingerprint density at radius 2 is 1.97 bits per heavy atom. The zero-order chi connectivity index (χ0) is 24.6. The van der Waals surface area contributed by atoms with Crippen molar-refractivity contribution >= 4 is 5.97 Å². The van der Waals surface area contributed by atoms with Gasteiger partial charge < -0.3 is 29.4 Å². The average molecular weight is 480 g/mol. The van der Waals surface area contributed by atoms with Gasteiger partial charge in [-0.25, -0.2) is 0 Å². The molecular weight excluding hydrogens is 434 g/mol. The Labute approximate surface area is 205 Å². The van der Waals surface area contributed by atoms with Crippen LogP contribution in [0.5, 0.6) is 5.75 Å². The number of ether oxygens (including phenoxy) is 4. The molecule has 1 fully saturated rings. The molecule has 3 atom stereocenters. The Hall–Kier alpha value is -1.67. The van der Waals surface area contributed by atoms with Crippen molar-refractivity contribution in [3.8, 4) is 5.75 Å². The monoisotopic (exact) mass is 479 g/mol. The van der Waals surface area contributed by atoms with Crippen LogP contribution in [0.15, 0.2) is 18.2 Å². The number of rotatable bonds is 17. The van der Waals surface area contributed by atoms with Crippen LogP contribution in [0.3, 0.4) is 0 Å². The molecule has 1 aliphatic heterocycles. The van der Waals surface area contributed by atoms with E-state index < -0.39 is 6.10 Å². The first-order chi connectivity index (χ1) is 16.5. The summed E-state index contributed by atoms with van der Waals surface area (Å²) in [6.45, 7) is 6.42. The second-order valence-electron chi connectivity index (χ2n) is 9.33. The third-order valence-corrected chi connectivity index (χ3v) is 6.20. The highest BCUT2D eigenvalue weighted by molar-refractivity contribution is 5.68. The normalized spacial score (nSPS) is 17.8. The van der Waals surface area contributed by atoms with Crippen molar-refractivity contribution in [2.45, 2.75) is 96.5 Å². The Morgan fingerprint density at radius 1 is 1.15 bits per heavy atom. The fraction of sp³-hybridized carbons (Fsp3) is 0.741. The number of benzene rings is 1. The number of carbonyl (C=O) groups is 1. The highest BCUT2D eigenvalue weighted by Crippen LogP contribution is 2.19. The van der Waals surface area contributed by atoms with Crippen LogP contribution < -0.4 is 10.1 Å². The van der Waals surface area contributed by atoms with Crippen LogP contribution in [-0.2, 0) is 19.0 Å². The van der Waals surface area contributed by atoms with E-state index >= 15 is 0 Å². The molecule has 1 aromatic carbocycles. The minimum atomic E-state index is -0.533. The smallest absolute Gasteiger partial charge is 0.305 e. The van der Waals surface area contributed by atoms with Crippen molar-refractivity contribution in [2.24, 2.45) is 0 Å². The number of hydrogen-bond donors (Lipinski definition) is 2. The molecule has 0 radical (unpaired) electrons. The lowest BCUT2D eigenvalue weighted by molar-refractivity contribution is -0.166. The van der Waals surface area contributed by atoms with Crippen LogP contribution in [0.1, 0.15) is 75.3 Å². The SMILES string of the molecule is COC(=O)CCCCCCC(COC1CCCCO1)NCCC(O)COc1ccc(C)cc1C. The molecule has 1 heterocycles. The molecule has 0 spiro atoms. The van der Waals surface area contributed by atoms with Gasteiger partial charge >= 0.3 is 5.97 Å². The fourth-order valence-corrected chi connectivity index (χ4v) is 4.11. The van der Waals surface area contributed by atoms with Crippen LogP contribution in [0.25, 0.3) is 0 Å². The number of methoxy groups -OCH3 is 1. The van der Waals surface area contributed by atoms with Gasteiger partial charge in [0, 0.05) is 19.1 Å². The van der Waals surface area contributed by atoms with Gasteiger partial charge in [-0.15, -0.1) is 0 Å². The Balaban J connectivity index is 1.68. The van der Waals surface area contributed by atoms with E-state index in [-0.39, 0.29) is 24.9 Å². The number of hydrogen-bond acceptors (Lipinski definition) is 7. The van der Waals surface area contributed by atoms with Crippen molar-refractivity contribution in [2.75, 3.05) is 33.5 Å². The molecule has 194 valence electrons. The maximum absolute atomic E-state index is 11.2. The molecule has 0 saturated carbocycles. The Kier molecular flexibility index (Phi) is 14.2. The van der Waals surface area contributed by atoms with Crippen molar-refractivity contribution in [1.29, 1.82) is 0 Å². The molecule has 0 aliphatic carbocycles. The maximum atomic E-state index is 11.2. The summed E-state index contributed by atoms with van der Waals surface area (Å²) in [4.78, 5) is 11.2. The largest absolute Gasteiger partial charge is 0.491 e. The first-order valence-electron chi connectivity index (χ1n) is 12.9. The summed E-state index contributed by atoms with van der Waals surface area (Å²) in [5, 5.41) is 13.9. The molecule has 3 unspecified atom stereocenters. The molecule has 1 aromatic rings. The number of aryl methyl sites for hydroxylation is 2. The molecule has 1 saturated heterocycles. The lowest BCUT2D eigenvalue weighted by Crippen LogP contribution is -2.38. The summed E-state index contributed by atoms with van der Waals surface area (Å²) in [7, 11) is 1.43. The van der Waals surface area contributed by atoms with Crippen LogP contribution >= 0.6 is 0 Å². The molecule has 7 heteroatoms. The molecular formula is C27H45NO6. The molecule has 0 aromatic heterocycles. The molecule has 1 aliphatic rings. The van der Waals surface area contributed by atoms with Gasteiger partial charge in [0.15, 0.2) is 6.29 Å². The van der Waals surface area contributed by atoms with Gasteiger partial charge in [-0.1, -0.05) is 37.0 Å². The maximum Gasteiger partial charge on any atom is 0.305 e. The predicted molar refractivity (Wildman–Crippen MR) is 133 cm³/mol. The van der Waals surface area contributed by atoms with E-state index in [1.807, 2.05) is 19.1 Å². The third-order valence-electron chi connectivity index (χ3n) is 6.20. The van der Waals surface area contributed by atoms with Crippen LogP contribution in [0.4, 0.5) is 0 Å². The zero-order valence-electron chi connectivity index (χ0n) is 21.4. The summed E-state index contributed by atoms with van der Waals surface area (Å²) in [6.07, 6.45) is 8.67. The molecule has 7 nitrogen and oxygen atoms in total. The van der Waals surface area contributed by atoms with Gasteiger partial charge in [0.1, 0.15) is 12.4 Å². The van der Waals surface area contributed by atoms with Crippen molar-refractivity contribution in [3.05, 3.63) is 29.3 Å². The molecule has 2 rings (SSSR count).